The van der Waals surface area contributed by atoms with Gasteiger partial charge in [0.05, 0.1) is 16.3 Å². The molecule has 3 aromatic rings. The average molecular weight is 405 g/mol. The first-order chi connectivity index (χ1) is 12.6. The van der Waals surface area contributed by atoms with Crippen molar-refractivity contribution in [1.29, 1.82) is 0 Å². The maximum Gasteiger partial charge on any atom is 0.187 e. The van der Waals surface area contributed by atoms with E-state index in [9.17, 15) is 0 Å². The maximum atomic E-state index is 6.03. The Kier molecular flexibility index (Phi) is 6.22. The summed E-state index contributed by atoms with van der Waals surface area (Å²) in [5, 5.41) is 8.47. The summed E-state index contributed by atoms with van der Waals surface area (Å²) in [5.74, 6) is 1.25. The van der Waals surface area contributed by atoms with Gasteiger partial charge in [0.2, 0.25) is 0 Å². The highest BCUT2D eigenvalue weighted by atomic mass is 35.5. The van der Waals surface area contributed by atoms with Crippen molar-refractivity contribution in [2.75, 3.05) is 0 Å². The molecule has 0 aliphatic rings. The van der Waals surface area contributed by atoms with Crippen LogP contribution in [0.5, 0.6) is 0 Å². The predicted molar refractivity (Wildman–Crippen MR) is 109 cm³/mol. The van der Waals surface area contributed by atoms with Gasteiger partial charge in [-0.3, -0.25) is 10.4 Å². The summed E-state index contributed by atoms with van der Waals surface area (Å²) in [6.45, 7) is 0.567. The molecule has 0 unspecified atom stereocenters. The number of pyridine rings is 1. The molecular weight excluding hydrogens is 391 g/mol. The van der Waals surface area contributed by atoms with Gasteiger partial charge in [0.1, 0.15) is 11.5 Å². The van der Waals surface area contributed by atoms with Crippen molar-refractivity contribution >= 4 is 46.7 Å². The molecule has 0 spiro atoms. The van der Waals surface area contributed by atoms with Crippen molar-refractivity contribution in [3.05, 3.63) is 76.2 Å². The van der Waals surface area contributed by atoms with E-state index in [2.05, 4.69) is 20.8 Å². The van der Waals surface area contributed by atoms with Crippen LogP contribution in [-0.2, 0) is 6.54 Å². The van der Waals surface area contributed by atoms with E-state index in [4.69, 9.17) is 39.8 Å². The highest BCUT2D eigenvalue weighted by molar-refractivity contribution is 7.80. The van der Waals surface area contributed by atoms with E-state index >= 15 is 0 Å². The molecule has 0 saturated carbocycles. The molecule has 5 nitrogen and oxygen atoms in total. The van der Waals surface area contributed by atoms with Gasteiger partial charge in [0, 0.05) is 24.5 Å². The zero-order chi connectivity index (χ0) is 18.4. The Labute approximate surface area is 166 Å². The van der Waals surface area contributed by atoms with Crippen LogP contribution in [0.15, 0.2) is 64.4 Å². The molecular formula is C18H14Cl2N4OS. The number of aromatic nitrogens is 1. The van der Waals surface area contributed by atoms with Crippen LogP contribution in [0.2, 0.25) is 10.0 Å². The third kappa shape index (κ3) is 5.05. The summed E-state index contributed by atoms with van der Waals surface area (Å²) in [6.07, 6.45) is 5.03. The van der Waals surface area contributed by atoms with Crippen LogP contribution in [0, 0.1) is 0 Å². The number of halogens is 2. The molecule has 0 bridgehead atoms. The summed E-state index contributed by atoms with van der Waals surface area (Å²) in [6, 6.07) is 12.8. The minimum atomic E-state index is 0.404. The number of nitrogens with zero attached hydrogens (tertiary/aromatic N) is 2. The Bertz CT molecular complexity index is 928. The Morgan fingerprint density at radius 3 is 2.85 bits per heavy atom. The number of nitrogens with one attached hydrogen (secondary N) is 2. The first kappa shape index (κ1) is 18.4. The molecule has 2 heterocycles. The number of hydrogen-bond acceptors (Lipinski definition) is 4. The maximum absolute atomic E-state index is 6.03. The largest absolute Gasteiger partial charge is 0.455 e. The number of benzene rings is 1. The van der Waals surface area contributed by atoms with Crippen LogP contribution in [-0.4, -0.2) is 16.3 Å². The number of hydrazone groups is 1. The molecule has 2 aromatic heterocycles. The second kappa shape index (κ2) is 8.80. The monoisotopic (exact) mass is 404 g/mol. The summed E-state index contributed by atoms with van der Waals surface area (Å²) in [5.41, 5.74) is 4.60. The molecule has 26 heavy (non-hydrogen) atoms. The number of rotatable bonds is 5. The molecule has 8 heteroatoms. The molecule has 0 fully saturated rings. The van der Waals surface area contributed by atoms with E-state index in [1.165, 1.54) is 0 Å². The second-order valence-electron chi connectivity index (χ2n) is 5.24. The van der Waals surface area contributed by atoms with Gasteiger partial charge in [0.25, 0.3) is 0 Å². The van der Waals surface area contributed by atoms with Crippen LogP contribution in [0.3, 0.4) is 0 Å². The fourth-order valence-electron chi connectivity index (χ4n) is 2.11. The van der Waals surface area contributed by atoms with Gasteiger partial charge in [-0.15, -0.1) is 0 Å². The molecule has 3 rings (SSSR count). The van der Waals surface area contributed by atoms with Gasteiger partial charge in [-0.25, -0.2) is 0 Å². The van der Waals surface area contributed by atoms with Gasteiger partial charge >= 0.3 is 0 Å². The summed E-state index contributed by atoms with van der Waals surface area (Å²) >= 11 is 17.1. The van der Waals surface area contributed by atoms with Crippen LogP contribution in [0.25, 0.3) is 11.3 Å². The van der Waals surface area contributed by atoms with Gasteiger partial charge in [-0.05, 0) is 54.2 Å². The fraction of sp³-hybridized carbons (Fsp3) is 0.0556. The topological polar surface area (TPSA) is 62.5 Å². The number of thiocarbonyl (C=S) groups is 1. The third-order valence-electron chi connectivity index (χ3n) is 3.36. The van der Waals surface area contributed by atoms with Crippen molar-refractivity contribution in [2.24, 2.45) is 5.10 Å². The van der Waals surface area contributed by atoms with Crippen LogP contribution >= 0.6 is 35.4 Å². The van der Waals surface area contributed by atoms with Gasteiger partial charge in [-0.2, -0.15) is 5.10 Å². The van der Waals surface area contributed by atoms with Gasteiger partial charge < -0.3 is 9.73 Å². The van der Waals surface area contributed by atoms with E-state index in [1.54, 1.807) is 36.8 Å². The standard InChI is InChI=1S/C18H14Cl2N4OS/c19-15-5-3-13(8-16(15)20)17-6-4-14(25-17)11-23-24-18(26)22-10-12-2-1-7-21-9-12/h1-9,11H,10H2,(H2,22,24,26)/b23-11+. The van der Waals surface area contributed by atoms with Crippen LogP contribution in [0.1, 0.15) is 11.3 Å². The lowest BCUT2D eigenvalue weighted by molar-refractivity contribution is 0.574. The highest BCUT2D eigenvalue weighted by Crippen LogP contribution is 2.29. The predicted octanol–water partition coefficient (Wildman–Crippen LogP) is 4.65. The zero-order valence-corrected chi connectivity index (χ0v) is 15.8. The normalized spacial score (nSPS) is 10.8. The third-order valence-corrected chi connectivity index (χ3v) is 4.34. The van der Waals surface area contributed by atoms with Crippen LogP contribution in [0.4, 0.5) is 0 Å². The average Bonchev–Trinajstić information content (AvgIpc) is 3.12. The van der Waals surface area contributed by atoms with E-state index < -0.39 is 0 Å². The van der Waals surface area contributed by atoms with Crippen molar-refractivity contribution in [3.8, 4) is 11.3 Å². The van der Waals surface area contributed by atoms with E-state index in [0.29, 0.717) is 33.2 Å². The minimum Gasteiger partial charge on any atom is -0.455 e. The fourth-order valence-corrected chi connectivity index (χ4v) is 2.53. The van der Waals surface area contributed by atoms with Crippen molar-refractivity contribution in [1.82, 2.24) is 15.7 Å². The van der Waals surface area contributed by atoms with E-state index in [0.717, 1.165) is 11.1 Å². The Morgan fingerprint density at radius 2 is 2.08 bits per heavy atom. The molecule has 0 saturated heterocycles. The number of hydrogen-bond donors (Lipinski definition) is 2. The summed E-state index contributed by atoms with van der Waals surface area (Å²) in [4.78, 5) is 4.04. The molecule has 0 amide bonds. The Morgan fingerprint density at radius 1 is 1.19 bits per heavy atom. The van der Waals surface area contributed by atoms with Gasteiger partial charge in [0.15, 0.2) is 5.11 Å². The van der Waals surface area contributed by atoms with E-state index in [-0.39, 0.29) is 0 Å². The lowest BCUT2D eigenvalue weighted by Gasteiger charge is -2.06. The molecule has 0 aliphatic carbocycles. The Hall–Kier alpha value is -2.41. The van der Waals surface area contributed by atoms with Gasteiger partial charge in [-0.1, -0.05) is 29.3 Å². The quantitative estimate of drug-likeness (QED) is 0.368. The van der Waals surface area contributed by atoms with Crippen molar-refractivity contribution in [2.45, 2.75) is 6.54 Å². The SMILES string of the molecule is S=C(NCc1cccnc1)N/N=C/c1ccc(-c2ccc(Cl)c(Cl)c2)o1. The first-order valence-electron chi connectivity index (χ1n) is 7.63. The molecule has 1 aromatic carbocycles. The van der Waals surface area contributed by atoms with Crippen LogP contribution < -0.4 is 10.7 Å². The second-order valence-corrected chi connectivity index (χ2v) is 6.47. The molecule has 0 radical (unpaired) electrons. The first-order valence-corrected chi connectivity index (χ1v) is 8.79. The summed E-state index contributed by atoms with van der Waals surface area (Å²) in [7, 11) is 0. The minimum absolute atomic E-state index is 0.404. The molecule has 2 N–H and O–H groups in total. The summed E-state index contributed by atoms with van der Waals surface area (Å²) < 4.78 is 5.71. The smallest absolute Gasteiger partial charge is 0.187 e. The molecule has 0 aliphatic heterocycles. The Balaban J connectivity index is 1.53. The zero-order valence-electron chi connectivity index (χ0n) is 13.4. The molecule has 132 valence electrons. The van der Waals surface area contributed by atoms with Crippen molar-refractivity contribution < 1.29 is 4.42 Å². The van der Waals surface area contributed by atoms with Crippen molar-refractivity contribution in [3.63, 3.8) is 0 Å². The molecule has 0 atom stereocenters. The van der Waals surface area contributed by atoms with E-state index in [1.807, 2.05) is 24.3 Å². The number of furan rings is 1. The lowest BCUT2D eigenvalue weighted by Crippen LogP contribution is -2.31. The highest BCUT2D eigenvalue weighted by Gasteiger charge is 2.06. The lowest BCUT2D eigenvalue weighted by atomic mass is 10.2.